The monoisotopic (exact) mass is 499 g/mol. The van der Waals surface area contributed by atoms with Gasteiger partial charge in [-0.1, -0.05) is 69.8 Å². The van der Waals surface area contributed by atoms with Crippen molar-refractivity contribution in [2.75, 3.05) is 33.9 Å². The molecular formula is C31H49NO4. The molecule has 5 nitrogen and oxygen atoms in total. The van der Waals surface area contributed by atoms with E-state index in [-0.39, 0.29) is 5.97 Å². The number of aryl methyl sites for hydroxylation is 1. The summed E-state index contributed by atoms with van der Waals surface area (Å²) in [6.07, 6.45) is 23.3. The van der Waals surface area contributed by atoms with E-state index in [1.54, 1.807) is 18.2 Å². The molecule has 0 fully saturated rings. The van der Waals surface area contributed by atoms with Gasteiger partial charge in [0.15, 0.2) is 0 Å². The number of nitrogens with zero attached hydrogens (tertiary/aromatic N) is 1. The highest BCUT2D eigenvalue weighted by molar-refractivity contribution is 5.95. The normalized spacial score (nSPS) is 11.6. The summed E-state index contributed by atoms with van der Waals surface area (Å²) in [4.78, 5) is 26.7. The van der Waals surface area contributed by atoms with Crippen molar-refractivity contribution >= 4 is 11.9 Å². The molecule has 1 aromatic rings. The first-order chi connectivity index (χ1) is 17.4. The number of rotatable bonds is 20. The Hall–Kier alpha value is -2.40. The Morgan fingerprint density at radius 1 is 0.722 bits per heavy atom. The minimum Gasteiger partial charge on any atom is -0.462 e. The number of carbonyl (C=O) groups is 2. The Labute approximate surface area is 219 Å². The maximum atomic E-state index is 12.4. The number of ether oxygens (including phenoxy) is 2. The van der Waals surface area contributed by atoms with Gasteiger partial charge in [-0.05, 0) is 83.3 Å². The lowest BCUT2D eigenvalue weighted by molar-refractivity contribution is 0.0481. The number of allylic oxidation sites excluding steroid dienone is 4. The molecule has 5 heteroatoms. The average molecular weight is 500 g/mol. The van der Waals surface area contributed by atoms with E-state index in [1.807, 2.05) is 25.9 Å². The largest absolute Gasteiger partial charge is 0.462 e. The zero-order valence-corrected chi connectivity index (χ0v) is 23.2. The van der Waals surface area contributed by atoms with E-state index in [0.29, 0.717) is 30.9 Å². The van der Waals surface area contributed by atoms with E-state index in [9.17, 15) is 9.59 Å². The molecule has 0 spiro atoms. The van der Waals surface area contributed by atoms with E-state index in [2.05, 4.69) is 31.2 Å². The van der Waals surface area contributed by atoms with Crippen molar-refractivity contribution in [1.29, 1.82) is 0 Å². The molecule has 0 aromatic heterocycles. The molecule has 0 saturated heterocycles. The molecule has 36 heavy (non-hydrogen) atoms. The van der Waals surface area contributed by atoms with E-state index in [1.165, 1.54) is 44.9 Å². The Morgan fingerprint density at radius 3 is 1.83 bits per heavy atom. The van der Waals surface area contributed by atoms with Crippen LogP contribution in [0.5, 0.6) is 0 Å². The van der Waals surface area contributed by atoms with Gasteiger partial charge in [-0.15, -0.1) is 0 Å². The first kappa shape index (κ1) is 31.6. The fraction of sp³-hybridized carbons (Fsp3) is 0.613. The minimum absolute atomic E-state index is 0.313. The third-order valence-corrected chi connectivity index (χ3v) is 5.90. The molecule has 1 aromatic carbocycles. The average Bonchev–Trinajstić information content (AvgIpc) is 2.85. The fourth-order valence-electron chi connectivity index (χ4n) is 3.76. The summed E-state index contributed by atoms with van der Waals surface area (Å²) in [5, 5.41) is 0. The van der Waals surface area contributed by atoms with Gasteiger partial charge in [-0.3, -0.25) is 0 Å². The van der Waals surface area contributed by atoms with Crippen molar-refractivity contribution in [3.63, 3.8) is 0 Å². The molecule has 0 bridgehead atoms. The molecule has 0 N–H and O–H groups in total. The number of carbonyl (C=O) groups excluding carboxylic acids is 2. The van der Waals surface area contributed by atoms with Gasteiger partial charge in [0.05, 0.1) is 17.7 Å². The second kappa shape index (κ2) is 20.8. The predicted octanol–water partition coefficient (Wildman–Crippen LogP) is 7.68. The molecule has 0 saturated carbocycles. The molecule has 0 unspecified atom stereocenters. The van der Waals surface area contributed by atoms with Crippen LogP contribution < -0.4 is 0 Å². The van der Waals surface area contributed by atoms with E-state index >= 15 is 0 Å². The van der Waals surface area contributed by atoms with Crippen molar-refractivity contribution in [3.8, 4) is 0 Å². The molecule has 0 atom stereocenters. The summed E-state index contributed by atoms with van der Waals surface area (Å²) in [7, 11) is 3.84. The molecule has 0 radical (unpaired) electrons. The molecule has 202 valence electrons. The van der Waals surface area contributed by atoms with Crippen LogP contribution in [-0.2, 0) is 9.47 Å². The Balaban J connectivity index is 2.13. The van der Waals surface area contributed by atoms with Crippen molar-refractivity contribution in [3.05, 3.63) is 59.2 Å². The Morgan fingerprint density at radius 2 is 1.25 bits per heavy atom. The maximum Gasteiger partial charge on any atom is 0.338 e. The van der Waals surface area contributed by atoms with Crippen molar-refractivity contribution in [2.45, 2.75) is 90.9 Å². The second-order valence-corrected chi connectivity index (χ2v) is 9.75. The van der Waals surface area contributed by atoms with Crippen molar-refractivity contribution in [2.24, 2.45) is 0 Å². The topological polar surface area (TPSA) is 55.8 Å². The first-order valence-corrected chi connectivity index (χ1v) is 13.8. The number of unbranched alkanes of at least 4 members (excludes halogenated alkanes) is 9. The van der Waals surface area contributed by atoms with E-state index < -0.39 is 5.97 Å². The van der Waals surface area contributed by atoms with Crippen LogP contribution in [0.15, 0.2) is 42.5 Å². The highest BCUT2D eigenvalue weighted by Crippen LogP contribution is 2.14. The van der Waals surface area contributed by atoms with Crippen LogP contribution in [0, 0.1) is 6.92 Å². The van der Waals surface area contributed by atoms with Crippen LogP contribution in [0.2, 0.25) is 0 Å². The van der Waals surface area contributed by atoms with Crippen molar-refractivity contribution < 1.29 is 19.1 Å². The predicted molar refractivity (Wildman–Crippen MR) is 150 cm³/mol. The number of hydrogen-bond donors (Lipinski definition) is 0. The van der Waals surface area contributed by atoms with Gasteiger partial charge < -0.3 is 14.4 Å². The van der Waals surface area contributed by atoms with Gasteiger partial charge in [0.25, 0.3) is 0 Å². The fourth-order valence-corrected chi connectivity index (χ4v) is 3.76. The lowest BCUT2D eigenvalue weighted by Crippen LogP contribution is -2.20. The maximum absolute atomic E-state index is 12.4. The quantitative estimate of drug-likeness (QED) is 0.105. The summed E-state index contributed by atoms with van der Waals surface area (Å²) in [5.74, 6) is -0.802. The highest BCUT2D eigenvalue weighted by Gasteiger charge is 2.14. The zero-order valence-electron chi connectivity index (χ0n) is 23.2. The molecule has 0 aliphatic carbocycles. The van der Waals surface area contributed by atoms with Gasteiger partial charge in [-0.25, -0.2) is 9.59 Å². The first-order valence-electron chi connectivity index (χ1n) is 13.8. The van der Waals surface area contributed by atoms with Crippen molar-refractivity contribution in [1.82, 2.24) is 4.90 Å². The molecule has 1 rings (SSSR count). The summed E-state index contributed by atoms with van der Waals surface area (Å²) in [5.41, 5.74) is 1.61. The molecule has 0 heterocycles. The summed E-state index contributed by atoms with van der Waals surface area (Å²) >= 11 is 0. The van der Waals surface area contributed by atoms with Crippen LogP contribution in [0.1, 0.15) is 110 Å². The van der Waals surface area contributed by atoms with E-state index in [0.717, 1.165) is 37.7 Å². The molecular weight excluding hydrogens is 450 g/mol. The minimum atomic E-state index is -0.417. The van der Waals surface area contributed by atoms with Gasteiger partial charge >= 0.3 is 11.9 Å². The smallest absolute Gasteiger partial charge is 0.338 e. The molecule has 0 aliphatic heterocycles. The summed E-state index contributed by atoms with van der Waals surface area (Å²) in [6, 6.07) is 5.04. The van der Waals surface area contributed by atoms with Crippen LogP contribution >= 0.6 is 0 Å². The van der Waals surface area contributed by atoms with Crippen LogP contribution in [-0.4, -0.2) is 50.7 Å². The Kier molecular flexibility index (Phi) is 18.2. The van der Waals surface area contributed by atoms with Gasteiger partial charge in [0.1, 0.15) is 6.61 Å². The molecule has 0 amide bonds. The second-order valence-electron chi connectivity index (χ2n) is 9.75. The van der Waals surface area contributed by atoms with Crippen LogP contribution in [0.4, 0.5) is 0 Å². The standard InChI is InChI=1S/C31H49NO4/c1-5-6-7-8-9-10-11-12-13-14-15-16-17-18-19-20-22-35-30(33)28-24-27(2)25-29(26-28)31(34)36-23-21-32(3)4/h9-10,12-13,24-26H,5-8,11,14-23H2,1-4H3/b10-9-,13-12-. The van der Waals surface area contributed by atoms with Gasteiger partial charge in [-0.2, -0.15) is 0 Å². The molecule has 0 aliphatic rings. The number of esters is 2. The lowest BCUT2D eigenvalue weighted by atomic mass is 10.1. The van der Waals surface area contributed by atoms with E-state index in [4.69, 9.17) is 9.47 Å². The SMILES string of the molecule is CCCCC/C=C\C/C=C\CCCCCCCCOC(=O)c1cc(C)cc(C(=O)OCCN(C)C)c1. The third-order valence-electron chi connectivity index (χ3n) is 5.90. The summed E-state index contributed by atoms with van der Waals surface area (Å²) < 4.78 is 10.7. The van der Waals surface area contributed by atoms with Gasteiger partial charge in [0, 0.05) is 6.54 Å². The number of likely N-dealkylation sites (N-methyl/N-ethyl adjacent to an activating group) is 1. The van der Waals surface area contributed by atoms with Crippen LogP contribution in [0.25, 0.3) is 0 Å². The summed E-state index contributed by atoms with van der Waals surface area (Å²) in [6.45, 7) is 5.47. The van der Waals surface area contributed by atoms with Gasteiger partial charge in [0.2, 0.25) is 0 Å². The number of benzene rings is 1. The number of hydrogen-bond acceptors (Lipinski definition) is 5. The Bertz CT molecular complexity index is 798. The lowest BCUT2D eigenvalue weighted by Gasteiger charge is -2.11. The van der Waals surface area contributed by atoms with Crippen LogP contribution in [0.3, 0.4) is 0 Å². The zero-order chi connectivity index (χ0) is 26.4. The highest BCUT2D eigenvalue weighted by atomic mass is 16.5. The third kappa shape index (κ3) is 16.3.